The fourth-order valence-electron chi connectivity index (χ4n) is 2.56. The van der Waals surface area contributed by atoms with Gasteiger partial charge in [0.25, 0.3) is 0 Å². The molecule has 1 heterocycles. The van der Waals surface area contributed by atoms with Crippen molar-refractivity contribution < 1.29 is 4.79 Å². The molecule has 2 amide bonds. The van der Waals surface area contributed by atoms with Gasteiger partial charge in [0.05, 0.1) is 12.2 Å². The van der Waals surface area contributed by atoms with Crippen LogP contribution in [0.1, 0.15) is 11.1 Å². The number of hydrogen-bond acceptors (Lipinski definition) is 2. The fraction of sp³-hybridized carbons (Fsp3) is 0.188. The molecule has 0 aliphatic carbocycles. The molecule has 0 aromatic heterocycles. The molecule has 0 saturated carbocycles. The van der Waals surface area contributed by atoms with Gasteiger partial charge in [-0.25, -0.2) is 4.79 Å². The monoisotopic (exact) mass is 301 g/mol. The van der Waals surface area contributed by atoms with Crippen molar-refractivity contribution in [2.45, 2.75) is 13.1 Å². The summed E-state index contributed by atoms with van der Waals surface area (Å²) in [6, 6.07) is 13.3. The van der Waals surface area contributed by atoms with Crippen LogP contribution >= 0.6 is 11.6 Å². The van der Waals surface area contributed by atoms with Crippen LogP contribution in [-0.4, -0.2) is 18.0 Å². The second kappa shape index (κ2) is 5.30. The number of halogens is 1. The molecule has 5 heteroatoms. The molecule has 4 nitrogen and oxygen atoms in total. The number of nitrogens with zero attached hydrogens (tertiary/aromatic N) is 2. The number of fused-ring (bicyclic) bond motifs is 1. The lowest BCUT2D eigenvalue weighted by Gasteiger charge is -2.35. The maximum Gasteiger partial charge on any atom is 0.324 e. The first-order valence-corrected chi connectivity index (χ1v) is 7.08. The topological polar surface area (TPSA) is 49.6 Å². The summed E-state index contributed by atoms with van der Waals surface area (Å²) in [6.45, 7) is 1.06. The summed E-state index contributed by atoms with van der Waals surface area (Å²) in [4.78, 5) is 15.9. The summed E-state index contributed by atoms with van der Waals surface area (Å²) in [6.07, 6.45) is 0. The number of carbonyl (C=O) groups is 1. The van der Waals surface area contributed by atoms with E-state index in [1.807, 2.05) is 30.3 Å². The van der Waals surface area contributed by atoms with Crippen molar-refractivity contribution in [3.8, 4) is 0 Å². The molecule has 0 fully saturated rings. The first kappa shape index (κ1) is 13.8. The van der Waals surface area contributed by atoms with Crippen molar-refractivity contribution in [1.82, 2.24) is 4.90 Å². The van der Waals surface area contributed by atoms with Crippen LogP contribution < -0.4 is 10.6 Å². The van der Waals surface area contributed by atoms with Gasteiger partial charge in [-0.3, -0.25) is 4.90 Å². The normalized spacial score (nSPS) is 14.3. The Bertz CT molecular complexity index is 702. The molecule has 0 bridgehead atoms. The van der Waals surface area contributed by atoms with Crippen molar-refractivity contribution in [3.63, 3.8) is 0 Å². The van der Waals surface area contributed by atoms with E-state index in [1.165, 1.54) is 0 Å². The molecule has 2 N–H and O–H groups in total. The number of urea groups is 1. The maximum absolute atomic E-state index is 12.5. The Kier molecular flexibility index (Phi) is 3.47. The van der Waals surface area contributed by atoms with Crippen molar-refractivity contribution in [3.05, 3.63) is 58.6 Å². The van der Waals surface area contributed by atoms with E-state index in [9.17, 15) is 4.79 Å². The number of hydrogen-bond donors (Lipinski definition) is 1. The number of nitrogens with two attached hydrogens (primary N) is 1. The molecule has 3 rings (SSSR count). The first-order chi connectivity index (χ1) is 10.1. The maximum atomic E-state index is 12.5. The highest BCUT2D eigenvalue weighted by Gasteiger charge is 2.28. The van der Waals surface area contributed by atoms with Crippen LogP contribution in [0.5, 0.6) is 0 Å². The summed E-state index contributed by atoms with van der Waals surface area (Å²) in [7, 11) is 1.80. The molecule has 2 aromatic carbocycles. The smallest absolute Gasteiger partial charge is 0.324 e. The minimum Gasteiger partial charge on any atom is -0.399 e. The Morgan fingerprint density at radius 2 is 2.00 bits per heavy atom. The Morgan fingerprint density at radius 3 is 2.76 bits per heavy atom. The second-order valence-electron chi connectivity index (χ2n) is 5.20. The predicted octanol–water partition coefficient (Wildman–Crippen LogP) is 3.49. The molecule has 2 aromatic rings. The van der Waals surface area contributed by atoms with Crippen molar-refractivity contribution in [2.75, 3.05) is 17.7 Å². The first-order valence-electron chi connectivity index (χ1n) is 6.70. The number of anilines is 2. The highest BCUT2D eigenvalue weighted by Crippen LogP contribution is 2.30. The van der Waals surface area contributed by atoms with Gasteiger partial charge in [0.1, 0.15) is 0 Å². The van der Waals surface area contributed by atoms with Crippen molar-refractivity contribution in [2.24, 2.45) is 0 Å². The number of benzene rings is 2. The zero-order chi connectivity index (χ0) is 15.0. The molecular formula is C16H16ClN3O. The third kappa shape index (κ3) is 2.54. The molecule has 108 valence electrons. The number of carbonyl (C=O) groups excluding carboxylic acids is 1. The van der Waals surface area contributed by atoms with Crippen LogP contribution in [0.3, 0.4) is 0 Å². The zero-order valence-electron chi connectivity index (χ0n) is 11.7. The molecule has 0 unspecified atom stereocenters. The van der Waals surface area contributed by atoms with Gasteiger partial charge in [-0.1, -0.05) is 35.9 Å². The summed E-state index contributed by atoms with van der Waals surface area (Å²) in [5, 5.41) is 0.577. The third-order valence-corrected chi connectivity index (χ3v) is 4.00. The van der Waals surface area contributed by atoms with Gasteiger partial charge in [-0.2, -0.15) is 0 Å². The molecule has 1 aliphatic heterocycles. The zero-order valence-corrected chi connectivity index (χ0v) is 12.5. The van der Waals surface area contributed by atoms with Gasteiger partial charge in [-0.05, 0) is 29.3 Å². The van der Waals surface area contributed by atoms with Crippen LogP contribution in [-0.2, 0) is 13.1 Å². The van der Waals surface area contributed by atoms with Gasteiger partial charge >= 0.3 is 6.03 Å². The van der Waals surface area contributed by atoms with E-state index in [2.05, 4.69) is 0 Å². The van der Waals surface area contributed by atoms with E-state index in [4.69, 9.17) is 17.3 Å². The number of para-hydroxylation sites is 1. The minimum atomic E-state index is -0.0263. The molecule has 0 saturated heterocycles. The highest BCUT2D eigenvalue weighted by atomic mass is 35.5. The van der Waals surface area contributed by atoms with E-state index in [0.29, 0.717) is 23.8 Å². The number of rotatable bonds is 2. The van der Waals surface area contributed by atoms with Gasteiger partial charge in [0.15, 0.2) is 0 Å². The Hall–Kier alpha value is -2.20. The highest BCUT2D eigenvalue weighted by molar-refractivity contribution is 6.31. The van der Waals surface area contributed by atoms with E-state index in [-0.39, 0.29) is 6.03 Å². The van der Waals surface area contributed by atoms with Crippen LogP contribution in [0, 0.1) is 0 Å². The number of nitrogen functional groups attached to an aromatic ring is 1. The fourth-order valence-corrected chi connectivity index (χ4v) is 2.80. The predicted molar refractivity (Wildman–Crippen MR) is 85.4 cm³/mol. The quantitative estimate of drug-likeness (QED) is 0.863. The van der Waals surface area contributed by atoms with Crippen LogP contribution in [0.2, 0.25) is 5.02 Å². The van der Waals surface area contributed by atoms with E-state index >= 15 is 0 Å². The summed E-state index contributed by atoms with van der Waals surface area (Å²) in [5.41, 5.74) is 9.28. The molecule has 0 atom stereocenters. The lowest BCUT2D eigenvalue weighted by Crippen LogP contribution is -2.44. The van der Waals surface area contributed by atoms with Crippen molar-refractivity contribution in [1.29, 1.82) is 0 Å². The summed E-state index contributed by atoms with van der Waals surface area (Å²) in [5.74, 6) is 0. The lowest BCUT2D eigenvalue weighted by molar-refractivity contribution is 0.210. The molecule has 21 heavy (non-hydrogen) atoms. The lowest BCUT2D eigenvalue weighted by atomic mass is 10.1. The number of amides is 2. The molecular weight excluding hydrogens is 286 g/mol. The largest absolute Gasteiger partial charge is 0.399 e. The second-order valence-corrected chi connectivity index (χ2v) is 5.61. The summed E-state index contributed by atoms with van der Waals surface area (Å²) >= 11 is 6.23. The standard InChI is InChI=1S/C16H16ClN3O/c1-19-9-12-4-2-3-5-15(12)20(16(19)21)10-11-6-7-13(18)8-14(11)17/h2-8H,9-10,18H2,1H3. The van der Waals surface area contributed by atoms with Gasteiger partial charge in [0.2, 0.25) is 0 Å². The Labute approximate surface area is 128 Å². The Morgan fingerprint density at radius 1 is 1.24 bits per heavy atom. The van der Waals surface area contributed by atoms with Gasteiger partial charge in [-0.15, -0.1) is 0 Å². The van der Waals surface area contributed by atoms with Gasteiger partial charge < -0.3 is 10.6 Å². The molecule has 0 spiro atoms. The van der Waals surface area contributed by atoms with Crippen LogP contribution in [0.25, 0.3) is 0 Å². The van der Waals surface area contributed by atoms with Crippen LogP contribution in [0.15, 0.2) is 42.5 Å². The van der Waals surface area contributed by atoms with Crippen LogP contribution in [0.4, 0.5) is 16.2 Å². The van der Waals surface area contributed by atoms with E-state index < -0.39 is 0 Å². The van der Waals surface area contributed by atoms with Crippen molar-refractivity contribution >= 4 is 29.0 Å². The minimum absolute atomic E-state index is 0.0263. The SMILES string of the molecule is CN1Cc2ccccc2N(Cc2ccc(N)cc2Cl)C1=O. The molecule has 0 radical (unpaired) electrons. The summed E-state index contributed by atoms with van der Waals surface area (Å²) < 4.78 is 0. The average molecular weight is 302 g/mol. The molecule has 1 aliphatic rings. The van der Waals surface area contributed by atoms with Gasteiger partial charge in [0, 0.05) is 24.3 Å². The third-order valence-electron chi connectivity index (χ3n) is 3.65. The Balaban J connectivity index is 1.99. The average Bonchev–Trinajstić information content (AvgIpc) is 2.46. The van der Waals surface area contributed by atoms with E-state index in [0.717, 1.165) is 16.8 Å². The van der Waals surface area contributed by atoms with E-state index in [1.54, 1.807) is 29.0 Å².